The van der Waals surface area contributed by atoms with Crippen LogP contribution in [0, 0.1) is 17.2 Å². The van der Waals surface area contributed by atoms with Gasteiger partial charge in [0.25, 0.3) is 0 Å². The largest absolute Gasteiger partial charge is 0.350 e. The summed E-state index contributed by atoms with van der Waals surface area (Å²) in [5.74, 6) is -0.845. The van der Waals surface area contributed by atoms with E-state index in [1.54, 1.807) is 11.3 Å². The molecule has 0 aliphatic heterocycles. The predicted molar refractivity (Wildman–Crippen MR) is 75.4 cm³/mol. The summed E-state index contributed by atoms with van der Waals surface area (Å²) in [6.45, 7) is 0.490. The molecule has 3 nitrogen and oxygen atoms in total. The van der Waals surface area contributed by atoms with Crippen molar-refractivity contribution in [3.63, 3.8) is 0 Å². The van der Waals surface area contributed by atoms with Crippen LogP contribution in [0.1, 0.15) is 10.4 Å². The maximum Gasteiger partial charge on any atom is 0.237 e. The highest BCUT2D eigenvalue weighted by Gasteiger charge is 2.17. The third-order valence-corrected chi connectivity index (χ3v) is 3.65. The Morgan fingerprint density at radius 2 is 2.05 bits per heavy atom. The van der Waals surface area contributed by atoms with E-state index in [2.05, 4.69) is 11.4 Å². The molecule has 0 aliphatic carbocycles. The van der Waals surface area contributed by atoms with E-state index in [-0.39, 0.29) is 5.91 Å². The van der Waals surface area contributed by atoms with Crippen molar-refractivity contribution in [2.75, 3.05) is 0 Å². The monoisotopic (exact) mass is 270 g/mol. The number of benzene rings is 1. The third kappa shape index (κ3) is 3.94. The lowest BCUT2D eigenvalue weighted by atomic mass is 10.00. The van der Waals surface area contributed by atoms with Gasteiger partial charge in [-0.05, 0) is 23.4 Å². The van der Waals surface area contributed by atoms with E-state index in [1.165, 1.54) is 0 Å². The number of hydrogen-bond acceptors (Lipinski definition) is 3. The molecule has 1 aromatic carbocycles. The number of carbonyl (C=O) groups excluding carboxylic acids is 1. The molecule has 1 unspecified atom stereocenters. The zero-order chi connectivity index (χ0) is 13.5. The number of thiophene rings is 1. The molecular formula is C15H14N2OS. The highest BCUT2D eigenvalue weighted by molar-refractivity contribution is 7.09. The molecule has 96 valence electrons. The molecule has 4 heteroatoms. The van der Waals surface area contributed by atoms with E-state index in [0.717, 1.165) is 10.4 Å². The number of nitrogens with zero attached hydrogens (tertiary/aromatic N) is 1. The summed E-state index contributed by atoms with van der Waals surface area (Å²) in [5, 5.41) is 13.9. The van der Waals surface area contributed by atoms with Crippen LogP contribution in [0.25, 0.3) is 0 Å². The second-order valence-electron chi connectivity index (χ2n) is 4.17. The topological polar surface area (TPSA) is 52.9 Å². The molecule has 1 amide bonds. The van der Waals surface area contributed by atoms with E-state index in [4.69, 9.17) is 5.26 Å². The fourth-order valence-corrected chi connectivity index (χ4v) is 2.40. The van der Waals surface area contributed by atoms with Crippen LogP contribution >= 0.6 is 11.3 Å². The lowest BCUT2D eigenvalue weighted by Crippen LogP contribution is -2.30. The van der Waals surface area contributed by atoms with Gasteiger partial charge in [-0.2, -0.15) is 5.26 Å². The molecule has 0 fully saturated rings. The first-order chi connectivity index (χ1) is 9.29. The molecule has 2 rings (SSSR count). The second-order valence-corrected chi connectivity index (χ2v) is 5.20. The van der Waals surface area contributed by atoms with Crippen LogP contribution in [0.5, 0.6) is 0 Å². The normalized spacial score (nSPS) is 11.5. The van der Waals surface area contributed by atoms with Crippen LogP contribution in [0.4, 0.5) is 0 Å². The molecule has 1 heterocycles. The van der Waals surface area contributed by atoms with Crippen molar-refractivity contribution in [3.05, 3.63) is 58.3 Å². The lowest BCUT2D eigenvalue weighted by Gasteiger charge is -2.09. The second kappa shape index (κ2) is 6.72. The fourth-order valence-electron chi connectivity index (χ4n) is 1.76. The van der Waals surface area contributed by atoms with Crippen molar-refractivity contribution >= 4 is 17.2 Å². The maximum absolute atomic E-state index is 11.9. The Labute approximate surface area is 116 Å². The highest BCUT2D eigenvalue weighted by Crippen LogP contribution is 2.10. The van der Waals surface area contributed by atoms with Crippen molar-refractivity contribution in [1.29, 1.82) is 5.26 Å². The number of carbonyl (C=O) groups is 1. The number of nitrogens with one attached hydrogen (secondary N) is 1. The van der Waals surface area contributed by atoms with Crippen molar-refractivity contribution in [3.8, 4) is 6.07 Å². The number of rotatable bonds is 5. The van der Waals surface area contributed by atoms with Crippen LogP contribution in [-0.2, 0) is 17.8 Å². The molecule has 19 heavy (non-hydrogen) atoms. The Hall–Kier alpha value is -2.12. The van der Waals surface area contributed by atoms with Gasteiger partial charge in [0.15, 0.2) is 0 Å². The summed E-state index contributed by atoms with van der Waals surface area (Å²) in [6.07, 6.45) is 0.452. The summed E-state index contributed by atoms with van der Waals surface area (Å²) in [4.78, 5) is 13.0. The Bertz CT molecular complexity index is 558. The quantitative estimate of drug-likeness (QED) is 0.908. The molecule has 0 radical (unpaired) electrons. The summed E-state index contributed by atoms with van der Waals surface area (Å²) in [6, 6.07) is 15.6. The summed E-state index contributed by atoms with van der Waals surface area (Å²) < 4.78 is 0. The highest BCUT2D eigenvalue weighted by atomic mass is 32.1. The van der Waals surface area contributed by atoms with E-state index < -0.39 is 5.92 Å². The van der Waals surface area contributed by atoms with Gasteiger partial charge < -0.3 is 5.32 Å². The molecular weight excluding hydrogens is 256 g/mol. The number of amides is 1. The van der Waals surface area contributed by atoms with Crippen molar-refractivity contribution in [2.45, 2.75) is 13.0 Å². The van der Waals surface area contributed by atoms with Gasteiger partial charge in [0.1, 0.15) is 5.92 Å². The Kier molecular flexibility index (Phi) is 4.71. The van der Waals surface area contributed by atoms with Gasteiger partial charge in [-0.3, -0.25) is 4.79 Å². The van der Waals surface area contributed by atoms with Crippen LogP contribution < -0.4 is 5.32 Å². The zero-order valence-electron chi connectivity index (χ0n) is 10.4. The zero-order valence-corrected chi connectivity index (χ0v) is 11.2. The lowest BCUT2D eigenvalue weighted by molar-refractivity contribution is -0.123. The van der Waals surface area contributed by atoms with Gasteiger partial charge in [0.2, 0.25) is 5.91 Å². The van der Waals surface area contributed by atoms with Crippen LogP contribution in [0.15, 0.2) is 47.8 Å². The fraction of sp³-hybridized carbons (Fsp3) is 0.200. The van der Waals surface area contributed by atoms with E-state index >= 15 is 0 Å². The third-order valence-electron chi connectivity index (χ3n) is 2.77. The van der Waals surface area contributed by atoms with Crippen LogP contribution in [0.2, 0.25) is 0 Å². The molecule has 1 N–H and O–H groups in total. The van der Waals surface area contributed by atoms with Gasteiger partial charge in [-0.15, -0.1) is 11.3 Å². The van der Waals surface area contributed by atoms with Crippen molar-refractivity contribution < 1.29 is 4.79 Å². The Balaban J connectivity index is 1.90. The maximum atomic E-state index is 11.9. The minimum atomic E-state index is -0.637. The molecule has 1 aromatic heterocycles. The molecule has 0 spiro atoms. The van der Waals surface area contributed by atoms with Gasteiger partial charge in [-0.1, -0.05) is 36.4 Å². The molecule has 2 aromatic rings. The van der Waals surface area contributed by atoms with Crippen molar-refractivity contribution in [1.82, 2.24) is 5.32 Å². The molecule has 0 saturated heterocycles. The first kappa shape index (κ1) is 13.3. The van der Waals surface area contributed by atoms with E-state index in [1.807, 2.05) is 47.8 Å². The average molecular weight is 270 g/mol. The summed E-state index contributed by atoms with van der Waals surface area (Å²) in [7, 11) is 0. The van der Waals surface area contributed by atoms with Gasteiger partial charge in [0, 0.05) is 4.88 Å². The summed E-state index contributed by atoms with van der Waals surface area (Å²) >= 11 is 1.59. The van der Waals surface area contributed by atoms with E-state index in [9.17, 15) is 4.79 Å². The Morgan fingerprint density at radius 3 is 2.68 bits per heavy atom. The molecule has 1 atom stereocenters. The predicted octanol–water partition coefficient (Wildman–Crippen LogP) is 2.75. The van der Waals surface area contributed by atoms with Gasteiger partial charge in [-0.25, -0.2) is 0 Å². The smallest absolute Gasteiger partial charge is 0.237 e. The van der Waals surface area contributed by atoms with E-state index in [0.29, 0.717) is 13.0 Å². The minimum Gasteiger partial charge on any atom is -0.350 e. The summed E-state index contributed by atoms with van der Waals surface area (Å²) in [5.41, 5.74) is 1.00. The molecule has 0 aliphatic rings. The first-order valence-electron chi connectivity index (χ1n) is 6.03. The van der Waals surface area contributed by atoms with Crippen LogP contribution in [0.3, 0.4) is 0 Å². The SMILES string of the molecule is N#CC(Cc1ccccc1)C(=O)NCc1cccs1. The Morgan fingerprint density at radius 1 is 1.26 bits per heavy atom. The molecule has 0 saturated carbocycles. The van der Waals surface area contributed by atoms with Crippen LogP contribution in [-0.4, -0.2) is 5.91 Å². The van der Waals surface area contributed by atoms with Gasteiger partial charge >= 0.3 is 0 Å². The minimum absolute atomic E-state index is 0.209. The van der Waals surface area contributed by atoms with Crippen molar-refractivity contribution in [2.24, 2.45) is 5.92 Å². The van der Waals surface area contributed by atoms with Gasteiger partial charge in [0.05, 0.1) is 12.6 Å². The number of nitriles is 1. The average Bonchev–Trinajstić information content (AvgIpc) is 2.96. The molecule has 0 bridgehead atoms. The first-order valence-corrected chi connectivity index (χ1v) is 6.91. The standard InChI is InChI=1S/C15H14N2OS/c16-10-13(9-12-5-2-1-3-6-12)15(18)17-11-14-7-4-8-19-14/h1-8,13H,9,11H2,(H,17,18). The number of hydrogen-bond donors (Lipinski definition) is 1.